The first-order valence-electron chi connectivity index (χ1n) is 9.94. The van der Waals surface area contributed by atoms with Gasteiger partial charge in [-0.2, -0.15) is 0 Å². The molecule has 0 saturated carbocycles. The standard InChI is InChI=1S/C17H32N2O13/c18-1-2-29-5-8(22)17(14(27)11(25)9(23)6(3-20)32-17)15-12(26)10(24)13(31-16(19)28)7(4-21)30-15/h6-15,20-27H,1-5,18H2,(H2,19,28)/t6-,7+,8?,9+,10+,11-,12-,13+,14-,15-,17?/m0/s1. The number of aliphatic hydroxyl groups excluding tert-OH is 8. The van der Waals surface area contributed by atoms with Crippen LogP contribution >= 0.6 is 0 Å². The lowest BCUT2D eigenvalue weighted by Gasteiger charge is -2.56. The Bertz CT molecular complexity index is 611. The van der Waals surface area contributed by atoms with E-state index in [0.29, 0.717) is 0 Å². The van der Waals surface area contributed by atoms with Crippen LogP contribution in [0.1, 0.15) is 0 Å². The number of rotatable bonds is 9. The van der Waals surface area contributed by atoms with E-state index < -0.39 is 92.6 Å². The van der Waals surface area contributed by atoms with Crippen molar-refractivity contribution in [1.82, 2.24) is 0 Å². The molecule has 2 rings (SSSR count). The highest BCUT2D eigenvalue weighted by Gasteiger charge is 2.66. The summed E-state index contributed by atoms with van der Waals surface area (Å²) in [5, 5.41) is 82.7. The second-order valence-electron chi connectivity index (χ2n) is 7.66. The average Bonchev–Trinajstić information content (AvgIpc) is 2.76. The maximum absolute atomic E-state index is 11.1. The summed E-state index contributed by atoms with van der Waals surface area (Å²) in [6.07, 6.45) is -19.7. The fourth-order valence-electron chi connectivity index (χ4n) is 4.07. The predicted molar refractivity (Wildman–Crippen MR) is 101 cm³/mol. The van der Waals surface area contributed by atoms with E-state index in [4.69, 9.17) is 30.4 Å². The minimum atomic E-state index is -2.49. The number of ether oxygens (including phenoxy) is 4. The normalized spacial score (nSPS) is 43.6. The lowest BCUT2D eigenvalue weighted by molar-refractivity contribution is -0.363. The van der Waals surface area contributed by atoms with Gasteiger partial charge in [0.15, 0.2) is 11.7 Å². The summed E-state index contributed by atoms with van der Waals surface area (Å²) in [6.45, 7) is -2.25. The molecule has 2 saturated heterocycles. The summed E-state index contributed by atoms with van der Waals surface area (Å²) >= 11 is 0. The maximum atomic E-state index is 11.1. The highest BCUT2D eigenvalue weighted by atomic mass is 16.6. The Labute approximate surface area is 182 Å². The molecule has 32 heavy (non-hydrogen) atoms. The highest BCUT2D eigenvalue weighted by Crippen LogP contribution is 2.42. The maximum Gasteiger partial charge on any atom is 0.404 e. The van der Waals surface area contributed by atoms with Crippen molar-refractivity contribution >= 4 is 6.09 Å². The number of hydrogen-bond donors (Lipinski definition) is 10. The van der Waals surface area contributed by atoms with Crippen LogP contribution in [0.3, 0.4) is 0 Å². The van der Waals surface area contributed by atoms with Crippen molar-refractivity contribution in [2.75, 3.05) is 33.0 Å². The van der Waals surface area contributed by atoms with Gasteiger partial charge in [0.25, 0.3) is 0 Å². The van der Waals surface area contributed by atoms with Gasteiger partial charge in [0.05, 0.1) is 26.4 Å². The van der Waals surface area contributed by atoms with E-state index in [9.17, 15) is 45.6 Å². The third-order valence-electron chi connectivity index (χ3n) is 5.67. The molecule has 12 N–H and O–H groups in total. The van der Waals surface area contributed by atoms with E-state index in [1.54, 1.807) is 0 Å². The number of hydrogen-bond acceptors (Lipinski definition) is 14. The molecule has 0 aromatic carbocycles. The fraction of sp³-hybridized carbons (Fsp3) is 0.941. The van der Waals surface area contributed by atoms with Gasteiger partial charge in [-0.3, -0.25) is 0 Å². The van der Waals surface area contributed by atoms with Gasteiger partial charge in [0, 0.05) is 6.54 Å². The number of carbonyl (C=O) groups excluding carboxylic acids is 1. The van der Waals surface area contributed by atoms with E-state index in [-0.39, 0.29) is 13.2 Å². The van der Waals surface area contributed by atoms with Crippen LogP contribution < -0.4 is 11.5 Å². The molecule has 188 valence electrons. The summed E-state index contributed by atoms with van der Waals surface area (Å²) in [4.78, 5) is 11.1. The summed E-state index contributed by atoms with van der Waals surface area (Å²) < 4.78 is 21.0. The second-order valence-corrected chi connectivity index (χ2v) is 7.66. The Hall–Kier alpha value is -1.21. The highest BCUT2D eigenvalue weighted by molar-refractivity contribution is 5.65. The van der Waals surface area contributed by atoms with Crippen molar-refractivity contribution in [1.29, 1.82) is 0 Å². The number of primary amides is 1. The minimum absolute atomic E-state index is 0.0255. The number of amides is 1. The summed E-state index contributed by atoms with van der Waals surface area (Å²) in [6, 6.07) is 0. The lowest BCUT2D eigenvalue weighted by atomic mass is 9.73. The zero-order valence-electron chi connectivity index (χ0n) is 17.1. The van der Waals surface area contributed by atoms with Gasteiger partial charge in [-0.1, -0.05) is 0 Å². The van der Waals surface area contributed by atoms with Crippen LogP contribution in [0.15, 0.2) is 0 Å². The van der Waals surface area contributed by atoms with Crippen molar-refractivity contribution in [3.63, 3.8) is 0 Å². The zero-order valence-corrected chi connectivity index (χ0v) is 17.1. The van der Waals surface area contributed by atoms with Gasteiger partial charge in [-0.25, -0.2) is 4.79 Å². The Morgan fingerprint density at radius 1 is 1.00 bits per heavy atom. The first kappa shape index (κ1) is 27.0. The topological polar surface area (TPSA) is 268 Å². The van der Waals surface area contributed by atoms with Gasteiger partial charge >= 0.3 is 6.09 Å². The van der Waals surface area contributed by atoms with Crippen LogP contribution in [0, 0.1) is 0 Å². The molecule has 2 fully saturated rings. The van der Waals surface area contributed by atoms with Crippen LogP contribution in [-0.2, 0) is 18.9 Å². The first-order valence-corrected chi connectivity index (χ1v) is 9.94. The minimum Gasteiger partial charge on any atom is -0.441 e. The van der Waals surface area contributed by atoms with Crippen molar-refractivity contribution in [2.45, 2.75) is 66.6 Å². The molecule has 0 bridgehead atoms. The first-order chi connectivity index (χ1) is 15.1. The number of aliphatic hydroxyl groups is 8. The van der Waals surface area contributed by atoms with Gasteiger partial charge in [-0.15, -0.1) is 0 Å². The Morgan fingerprint density at radius 3 is 2.16 bits per heavy atom. The van der Waals surface area contributed by atoms with Gasteiger partial charge < -0.3 is 71.3 Å². The van der Waals surface area contributed by atoms with Crippen molar-refractivity contribution in [2.24, 2.45) is 11.5 Å². The van der Waals surface area contributed by atoms with Crippen molar-refractivity contribution in [3.8, 4) is 0 Å². The van der Waals surface area contributed by atoms with Crippen LogP contribution in [-0.4, -0.2) is 147 Å². The largest absolute Gasteiger partial charge is 0.441 e. The molecule has 0 aromatic rings. The Morgan fingerprint density at radius 2 is 1.62 bits per heavy atom. The molecule has 0 aromatic heterocycles. The van der Waals surface area contributed by atoms with Crippen LogP contribution in [0.5, 0.6) is 0 Å². The van der Waals surface area contributed by atoms with Crippen LogP contribution in [0.2, 0.25) is 0 Å². The average molecular weight is 472 g/mol. The van der Waals surface area contributed by atoms with Gasteiger partial charge in [0.1, 0.15) is 54.9 Å². The molecule has 0 spiro atoms. The second kappa shape index (κ2) is 11.3. The predicted octanol–water partition coefficient (Wildman–Crippen LogP) is -6.52. The van der Waals surface area contributed by atoms with Crippen molar-refractivity contribution < 1.29 is 64.6 Å². The third kappa shape index (κ3) is 4.98. The fourth-order valence-corrected chi connectivity index (χ4v) is 4.07. The smallest absolute Gasteiger partial charge is 0.404 e. The zero-order chi connectivity index (χ0) is 24.2. The van der Waals surface area contributed by atoms with Crippen LogP contribution in [0.25, 0.3) is 0 Å². The molecule has 2 heterocycles. The molecule has 2 aliphatic heterocycles. The number of carbonyl (C=O) groups is 1. The summed E-state index contributed by atoms with van der Waals surface area (Å²) in [5.74, 6) is 0. The van der Waals surface area contributed by atoms with Crippen molar-refractivity contribution in [3.05, 3.63) is 0 Å². The molecule has 1 amide bonds. The molecule has 15 heteroatoms. The molecule has 2 unspecified atom stereocenters. The molecule has 0 aliphatic carbocycles. The SMILES string of the molecule is NCCOCC(O)C1([C@H]2O[C@H](CO)[C@@H](OC(N)=O)[C@H](O)[C@@H]2O)O[C@@H](CO)[C@@H](O)[C@H](O)[C@@H]1O. The van der Waals surface area contributed by atoms with E-state index >= 15 is 0 Å². The number of nitrogens with two attached hydrogens (primary N) is 2. The van der Waals surface area contributed by atoms with E-state index in [1.807, 2.05) is 0 Å². The quantitative estimate of drug-likeness (QED) is 0.140. The van der Waals surface area contributed by atoms with Gasteiger partial charge in [0.2, 0.25) is 0 Å². The van der Waals surface area contributed by atoms with Crippen LogP contribution in [0.4, 0.5) is 4.79 Å². The molecule has 15 nitrogen and oxygen atoms in total. The monoisotopic (exact) mass is 472 g/mol. The van der Waals surface area contributed by atoms with E-state index in [2.05, 4.69) is 0 Å². The van der Waals surface area contributed by atoms with E-state index in [0.717, 1.165) is 0 Å². The molecular formula is C17H32N2O13. The Balaban J connectivity index is 2.50. The third-order valence-corrected chi connectivity index (χ3v) is 5.67. The Kier molecular flexibility index (Phi) is 9.53. The summed E-state index contributed by atoms with van der Waals surface area (Å²) in [7, 11) is 0. The van der Waals surface area contributed by atoms with Gasteiger partial charge in [-0.05, 0) is 0 Å². The van der Waals surface area contributed by atoms with E-state index in [1.165, 1.54) is 0 Å². The molecular weight excluding hydrogens is 440 g/mol. The molecule has 2 aliphatic rings. The lowest BCUT2D eigenvalue weighted by Crippen LogP contribution is -2.79. The molecule has 0 radical (unpaired) electrons. The molecule has 11 atom stereocenters. The summed E-state index contributed by atoms with van der Waals surface area (Å²) in [5.41, 5.74) is 7.80.